The topological polar surface area (TPSA) is 103 Å². The Hall–Kier alpha value is -2.77. The number of pyridine rings is 1. The van der Waals surface area contributed by atoms with Crippen LogP contribution in [0.5, 0.6) is 5.88 Å². The molecule has 3 aromatic heterocycles. The number of hydrogen-bond acceptors (Lipinski definition) is 7. The summed E-state index contributed by atoms with van der Waals surface area (Å²) in [7, 11) is 0. The average Bonchev–Trinajstić information content (AvgIpc) is 3.24. The molecule has 0 amide bonds. The van der Waals surface area contributed by atoms with Crippen molar-refractivity contribution in [3.8, 4) is 5.88 Å². The zero-order valence-corrected chi connectivity index (χ0v) is 13.4. The van der Waals surface area contributed by atoms with Crippen molar-refractivity contribution in [1.29, 1.82) is 0 Å². The molecule has 3 heterocycles. The van der Waals surface area contributed by atoms with Crippen LogP contribution in [0.4, 0.5) is 0 Å². The predicted molar refractivity (Wildman–Crippen MR) is 83.7 cm³/mol. The summed E-state index contributed by atoms with van der Waals surface area (Å²) in [6, 6.07) is 5.68. The van der Waals surface area contributed by atoms with E-state index in [9.17, 15) is 0 Å². The molecule has 0 spiro atoms. The Morgan fingerprint density at radius 3 is 3.17 bits per heavy atom. The lowest BCUT2D eigenvalue weighted by atomic mass is 9.90. The van der Waals surface area contributed by atoms with Crippen LogP contribution in [0.3, 0.4) is 0 Å². The molecular formula is C16H18N6O2. The maximum Gasteiger partial charge on any atom is 0.235 e. The molecule has 0 radical (unpaired) electrons. The van der Waals surface area contributed by atoms with Crippen molar-refractivity contribution in [3.63, 3.8) is 0 Å². The van der Waals surface area contributed by atoms with Crippen molar-refractivity contribution in [2.75, 3.05) is 6.61 Å². The average molecular weight is 326 g/mol. The van der Waals surface area contributed by atoms with Gasteiger partial charge in [-0.05, 0) is 32.3 Å². The first-order valence-electron chi connectivity index (χ1n) is 8.14. The standard InChI is InChI=1S/C16H18N6O2/c1-2-23-14-8-3-5-10(17-14)9-13-18-16(24-21-13)11-6-4-7-12-15(11)20-22-19-12/h3,5,8,11H,2,4,6-7,9H2,1H3,(H,19,20,22)/t11-/m0/s1. The van der Waals surface area contributed by atoms with Crippen LogP contribution in [0.15, 0.2) is 22.7 Å². The molecular weight excluding hydrogens is 308 g/mol. The second-order valence-electron chi connectivity index (χ2n) is 5.73. The molecule has 0 bridgehead atoms. The van der Waals surface area contributed by atoms with Gasteiger partial charge in [0.05, 0.1) is 36.0 Å². The number of aryl methyl sites for hydroxylation is 1. The van der Waals surface area contributed by atoms with E-state index in [-0.39, 0.29) is 5.92 Å². The summed E-state index contributed by atoms with van der Waals surface area (Å²) in [5.74, 6) is 1.84. The van der Waals surface area contributed by atoms with Gasteiger partial charge in [0.2, 0.25) is 11.8 Å². The zero-order chi connectivity index (χ0) is 16.4. The first-order valence-corrected chi connectivity index (χ1v) is 8.14. The number of aromatic nitrogens is 6. The van der Waals surface area contributed by atoms with Crippen LogP contribution in [-0.4, -0.2) is 37.1 Å². The number of nitrogens with one attached hydrogen (secondary N) is 1. The molecule has 0 saturated carbocycles. The Morgan fingerprint density at radius 1 is 1.29 bits per heavy atom. The van der Waals surface area contributed by atoms with E-state index in [4.69, 9.17) is 9.26 Å². The summed E-state index contributed by atoms with van der Waals surface area (Å²) < 4.78 is 10.9. The normalized spacial score (nSPS) is 16.8. The van der Waals surface area contributed by atoms with Gasteiger partial charge in [0.25, 0.3) is 0 Å². The molecule has 1 aliphatic carbocycles. The van der Waals surface area contributed by atoms with Gasteiger partial charge in [0.1, 0.15) is 0 Å². The smallest absolute Gasteiger partial charge is 0.235 e. The van der Waals surface area contributed by atoms with Gasteiger partial charge in [0, 0.05) is 6.07 Å². The maximum atomic E-state index is 5.48. The van der Waals surface area contributed by atoms with Crippen LogP contribution in [0, 0.1) is 0 Å². The molecule has 1 atom stereocenters. The Bertz CT molecular complexity index is 827. The van der Waals surface area contributed by atoms with Crippen LogP contribution in [0.1, 0.15) is 54.5 Å². The number of H-pyrrole nitrogens is 1. The minimum Gasteiger partial charge on any atom is -0.478 e. The summed E-state index contributed by atoms with van der Waals surface area (Å²) in [5, 5.41) is 15.2. The SMILES string of the molecule is CCOc1cccc(Cc2noc([C@H]3CCCc4n[nH]nc43)n2)n1. The van der Waals surface area contributed by atoms with E-state index in [0.717, 1.165) is 36.3 Å². The van der Waals surface area contributed by atoms with Crippen LogP contribution >= 0.6 is 0 Å². The van der Waals surface area contributed by atoms with Gasteiger partial charge in [-0.2, -0.15) is 20.4 Å². The molecule has 0 aromatic carbocycles. The Labute approximate surface area is 138 Å². The van der Waals surface area contributed by atoms with E-state index in [0.29, 0.717) is 30.6 Å². The predicted octanol–water partition coefficient (Wildman–Crippen LogP) is 2.04. The molecule has 0 unspecified atom stereocenters. The van der Waals surface area contributed by atoms with E-state index >= 15 is 0 Å². The van der Waals surface area contributed by atoms with Crippen LogP contribution in [-0.2, 0) is 12.8 Å². The molecule has 0 saturated heterocycles. The third kappa shape index (κ3) is 2.86. The fourth-order valence-corrected chi connectivity index (χ4v) is 3.00. The van der Waals surface area contributed by atoms with E-state index in [1.54, 1.807) is 0 Å². The van der Waals surface area contributed by atoms with E-state index in [1.807, 2.05) is 25.1 Å². The molecule has 8 heteroatoms. The third-order valence-corrected chi connectivity index (χ3v) is 4.08. The fraction of sp³-hybridized carbons (Fsp3) is 0.438. The number of aromatic amines is 1. The van der Waals surface area contributed by atoms with Gasteiger partial charge in [-0.15, -0.1) is 0 Å². The molecule has 3 aromatic rings. The number of fused-ring (bicyclic) bond motifs is 1. The maximum absolute atomic E-state index is 5.48. The quantitative estimate of drug-likeness (QED) is 0.765. The van der Waals surface area contributed by atoms with Crippen molar-refractivity contribution in [3.05, 3.63) is 47.0 Å². The first-order chi connectivity index (χ1) is 11.8. The van der Waals surface area contributed by atoms with Gasteiger partial charge < -0.3 is 9.26 Å². The Kier molecular flexibility index (Phi) is 3.94. The van der Waals surface area contributed by atoms with Gasteiger partial charge in [-0.3, -0.25) is 0 Å². The summed E-state index contributed by atoms with van der Waals surface area (Å²) in [6.07, 6.45) is 3.43. The second kappa shape index (κ2) is 6.38. The number of hydrogen-bond donors (Lipinski definition) is 1. The minimum atomic E-state index is 0.0245. The molecule has 4 rings (SSSR count). The summed E-state index contributed by atoms with van der Waals surface area (Å²) >= 11 is 0. The van der Waals surface area contributed by atoms with Crippen molar-refractivity contribution in [2.24, 2.45) is 0 Å². The first kappa shape index (κ1) is 14.8. The lowest BCUT2D eigenvalue weighted by Gasteiger charge is -2.15. The van der Waals surface area contributed by atoms with Gasteiger partial charge in [-0.1, -0.05) is 11.2 Å². The minimum absolute atomic E-state index is 0.0245. The summed E-state index contributed by atoms with van der Waals surface area (Å²) in [4.78, 5) is 8.98. The fourth-order valence-electron chi connectivity index (χ4n) is 3.00. The third-order valence-electron chi connectivity index (χ3n) is 4.08. The lowest BCUT2D eigenvalue weighted by molar-refractivity contribution is 0.326. The summed E-state index contributed by atoms with van der Waals surface area (Å²) in [6.45, 7) is 2.52. The van der Waals surface area contributed by atoms with Gasteiger partial charge >= 0.3 is 0 Å². The highest BCUT2D eigenvalue weighted by molar-refractivity contribution is 5.24. The monoisotopic (exact) mass is 326 g/mol. The highest BCUT2D eigenvalue weighted by Gasteiger charge is 2.30. The zero-order valence-electron chi connectivity index (χ0n) is 13.4. The number of nitrogens with zero attached hydrogens (tertiary/aromatic N) is 5. The summed E-state index contributed by atoms with van der Waals surface area (Å²) in [5.41, 5.74) is 2.77. The number of rotatable bonds is 5. The Morgan fingerprint density at radius 2 is 2.25 bits per heavy atom. The van der Waals surface area contributed by atoms with Crippen molar-refractivity contribution < 1.29 is 9.26 Å². The molecule has 124 valence electrons. The van der Waals surface area contributed by atoms with Crippen molar-refractivity contribution >= 4 is 0 Å². The molecule has 24 heavy (non-hydrogen) atoms. The highest BCUT2D eigenvalue weighted by atomic mass is 16.5. The second-order valence-corrected chi connectivity index (χ2v) is 5.73. The van der Waals surface area contributed by atoms with E-state index < -0.39 is 0 Å². The molecule has 8 nitrogen and oxygen atoms in total. The highest BCUT2D eigenvalue weighted by Crippen LogP contribution is 2.33. The van der Waals surface area contributed by atoms with Crippen molar-refractivity contribution in [2.45, 2.75) is 38.5 Å². The van der Waals surface area contributed by atoms with Crippen LogP contribution < -0.4 is 4.74 Å². The molecule has 0 aliphatic heterocycles. The molecule has 0 fully saturated rings. The van der Waals surface area contributed by atoms with Crippen molar-refractivity contribution in [1.82, 2.24) is 30.5 Å². The van der Waals surface area contributed by atoms with Gasteiger partial charge in [-0.25, -0.2) is 4.98 Å². The molecule has 1 aliphatic rings. The van der Waals surface area contributed by atoms with Crippen LogP contribution in [0.2, 0.25) is 0 Å². The lowest BCUT2D eigenvalue weighted by Crippen LogP contribution is -2.11. The van der Waals surface area contributed by atoms with Gasteiger partial charge in [0.15, 0.2) is 5.82 Å². The van der Waals surface area contributed by atoms with E-state index in [2.05, 4.69) is 30.5 Å². The largest absolute Gasteiger partial charge is 0.478 e. The van der Waals surface area contributed by atoms with E-state index in [1.165, 1.54) is 0 Å². The molecule has 1 N–H and O–H groups in total. The van der Waals surface area contributed by atoms with Crippen LogP contribution in [0.25, 0.3) is 0 Å². The number of ether oxygens (including phenoxy) is 1. The Balaban J connectivity index is 1.53.